The van der Waals surface area contributed by atoms with E-state index in [0.717, 1.165) is 43.3 Å². The molecule has 1 aromatic heterocycles. The highest BCUT2D eigenvalue weighted by Gasteiger charge is 2.21. The van der Waals surface area contributed by atoms with Crippen molar-refractivity contribution in [2.45, 2.75) is 45.6 Å². The smallest absolute Gasteiger partial charge is 0.133 e. The number of nitrogens with zero attached hydrogens (tertiary/aromatic N) is 3. The number of hydrogen-bond acceptors (Lipinski definition) is 4. The third kappa shape index (κ3) is 2.75. The molecule has 2 N–H and O–H groups in total. The SMILES string of the molecule is CCc1cc(N2CCC(N)C2)nc(C(C)C)n1. The van der Waals surface area contributed by atoms with Crippen LogP contribution < -0.4 is 10.6 Å². The van der Waals surface area contributed by atoms with Crippen LogP contribution in [-0.2, 0) is 6.42 Å². The van der Waals surface area contributed by atoms with Gasteiger partial charge in [-0.15, -0.1) is 0 Å². The molecular weight excluding hydrogens is 212 g/mol. The van der Waals surface area contributed by atoms with Gasteiger partial charge in [0.25, 0.3) is 0 Å². The number of aryl methyl sites for hydroxylation is 1. The van der Waals surface area contributed by atoms with Crippen LogP contribution in [0.1, 0.15) is 44.6 Å². The first-order valence-corrected chi connectivity index (χ1v) is 6.48. The van der Waals surface area contributed by atoms with Gasteiger partial charge in [0, 0.05) is 36.8 Å². The molecule has 1 atom stereocenters. The molecule has 0 bridgehead atoms. The lowest BCUT2D eigenvalue weighted by molar-refractivity contribution is 0.740. The van der Waals surface area contributed by atoms with E-state index >= 15 is 0 Å². The van der Waals surface area contributed by atoms with Crippen molar-refractivity contribution >= 4 is 5.82 Å². The van der Waals surface area contributed by atoms with Crippen molar-refractivity contribution in [2.75, 3.05) is 18.0 Å². The van der Waals surface area contributed by atoms with Crippen molar-refractivity contribution in [3.05, 3.63) is 17.6 Å². The zero-order chi connectivity index (χ0) is 12.4. The summed E-state index contributed by atoms with van der Waals surface area (Å²) in [4.78, 5) is 11.5. The standard InChI is InChI=1S/C13H22N4/c1-4-11-7-12(16-13(15-11)9(2)3)17-6-5-10(14)8-17/h7,9-10H,4-6,8,14H2,1-3H3. The van der Waals surface area contributed by atoms with E-state index in [1.165, 1.54) is 0 Å². The molecule has 17 heavy (non-hydrogen) atoms. The van der Waals surface area contributed by atoms with Gasteiger partial charge in [0.2, 0.25) is 0 Å². The summed E-state index contributed by atoms with van der Waals surface area (Å²) in [6.07, 6.45) is 2.01. The molecule has 4 heteroatoms. The quantitative estimate of drug-likeness (QED) is 0.865. The molecule has 1 saturated heterocycles. The summed E-state index contributed by atoms with van der Waals surface area (Å²) in [6.45, 7) is 8.32. The Morgan fingerprint density at radius 2 is 2.24 bits per heavy atom. The van der Waals surface area contributed by atoms with E-state index in [1.807, 2.05) is 0 Å². The molecular formula is C13H22N4. The van der Waals surface area contributed by atoms with Crippen LogP contribution in [0, 0.1) is 0 Å². The Bertz CT molecular complexity index is 389. The van der Waals surface area contributed by atoms with E-state index in [-0.39, 0.29) is 6.04 Å². The highest BCUT2D eigenvalue weighted by Crippen LogP contribution is 2.21. The molecule has 0 aliphatic carbocycles. The number of anilines is 1. The van der Waals surface area contributed by atoms with Crippen LogP contribution in [0.4, 0.5) is 5.82 Å². The average Bonchev–Trinajstić information content (AvgIpc) is 2.75. The lowest BCUT2D eigenvalue weighted by atomic mass is 10.2. The van der Waals surface area contributed by atoms with Gasteiger partial charge < -0.3 is 10.6 Å². The van der Waals surface area contributed by atoms with Crippen LogP contribution in [0.15, 0.2) is 6.07 Å². The molecule has 0 aromatic carbocycles. The second kappa shape index (κ2) is 5.00. The molecule has 2 heterocycles. The summed E-state index contributed by atoms with van der Waals surface area (Å²) < 4.78 is 0. The molecule has 0 saturated carbocycles. The van der Waals surface area contributed by atoms with Gasteiger partial charge in [0.1, 0.15) is 11.6 Å². The second-order valence-electron chi connectivity index (χ2n) is 5.08. The van der Waals surface area contributed by atoms with Gasteiger partial charge in [0.05, 0.1) is 0 Å². The van der Waals surface area contributed by atoms with Gasteiger partial charge in [-0.1, -0.05) is 20.8 Å². The molecule has 2 rings (SSSR count). The fraction of sp³-hybridized carbons (Fsp3) is 0.692. The van der Waals surface area contributed by atoms with Crippen LogP contribution in [0.3, 0.4) is 0 Å². The molecule has 0 amide bonds. The van der Waals surface area contributed by atoms with Crippen molar-refractivity contribution in [3.63, 3.8) is 0 Å². The normalized spacial score (nSPS) is 20.3. The van der Waals surface area contributed by atoms with Crippen molar-refractivity contribution in [1.29, 1.82) is 0 Å². The first-order chi connectivity index (χ1) is 8.10. The Morgan fingerprint density at radius 1 is 1.47 bits per heavy atom. The topological polar surface area (TPSA) is 55.0 Å². The van der Waals surface area contributed by atoms with E-state index in [9.17, 15) is 0 Å². The van der Waals surface area contributed by atoms with Gasteiger partial charge in [0.15, 0.2) is 0 Å². The summed E-state index contributed by atoms with van der Waals surface area (Å²) in [7, 11) is 0. The summed E-state index contributed by atoms with van der Waals surface area (Å²) in [5.74, 6) is 2.37. The molecule has 1 aromatic rings. The molecule has 0 radical (unpaired) electrons. The van der Waals surface area contributed by atoms with Gasteiger partial charge in [-0.05, 0) is 12.8 Å². The summed E-state index contributed by atoms with van der Waals surface area (Å²) in [6, 6.07) is 2.39. The minimum atomic E-state index is 0.289. The van der Waals surface area contributed by atoms with Crippen LogP contribution in [0.2, 0.25) is 0 Å². The number of hydrogen-bond donors (Lipinski definition) is 1. The number of aromatic nitrogens is 2. The first-order valence-electron chi connectivity index (χ1n) is 6.48. The third-order valence-electron chi connectivity index (χ3n) is 3.21. The first kappa shape index (κ1) is 12.3. The van der Waals surface area contributed by atoms with E-state index in [4.69, 9.17) is 5.73 Å². The number of rotatable bonds is 3. The van der Waals surface area contributed by atoms with Crippen LogP contribution in [0.25, 0.3) is 0 Å². The molecule has 1 fully saturated rings. The molecule has 0 spiro atoms. The lowest BCUT2D eigenvalue weighted by Crippen LogP contribution is -2.27. The Kier molecular flexibility index (Phi) is 3.62. The summed E-state index contributed by atoms with van der Waals surface area (Å²) in [5, 5.41) is 0. The lowest BCUT2D eigenvalue weighted by Gasteiger charge is -2.19. The zero-order valence-electron chi connectivity index (χ0n) is 11.0. The monoisotopic (exact) mass is 234 g/mol. The Hall–Kier alpha value is -1.16. The predicted molar refractivity (Wildman–Crippen MR) is 70.3 cm³/mol. The van der Waals surface area contributed by atoms with E-state index in [0.29, 0.717) is 5.92 Å². The fourth-order valence-corrected chi connectivity index (χ4v) is 2.10. The van der Waals surface area contributed by atoms with Crippen LogP contribution in [0.5, 0.6) is 0 Å². The maximum Gasteiger partial charge on any atom is 0.133 e. The zero-order valence-corrected chi connectivity index (χ0v) is 11.0. The Morgan fingerprint density at radius 3 is 2.76 bits per heavy atom. The van der Waals surface area contributed by atoms with Gasteiger partial charge in [-0.3, -0.25) is 0 Å². The highest BCUT2D eigenvalue weighted by atomic mass is 15.2. The fourth-order valence-electron chi connectivity index (χ4n) is 2.10. The second-order valence-corrected chi connectivity index (χ2v) is 5.08. The van der Waals surface area contributed by atoms with E-state index < -0.39 is 0 Å². The van der Waals surface area contributed by atoms with Gasteiger partial charge >= 0.3 is 0 Å². The Balaban J connectivity index is 2.29. The highest BCUT2D eigenvalue weighted by molar-refractivity contribution is 5.41. The molecule has 1 aliphatic rings. The minimum Gasteiger partial charge on any atom is -0.355 e. The minimum absolute atomic E-state index is 0.289. The van der Waals surface area contributed by atoms with E-state index in [2.05, 4.69) is 41.7 Å². The maximum absolute atomic E-state index is 5.95. The maximum atomic E-state index is 5.95. The third-order valence-corrected chi connectivity index (χ3v) is 3.21. The van der Waals surface area contributed by atoms with Gasteiger partial charge in [-0.25, -0.2) is 9.97 Å². The van der Waals surface area contributed by atoms with Crippen molar-refractivity contribution < 1.29 is 0 Å². The van der Waals surface area contributed by atoms with Crippen LogP contribution in [-0.4, -0.2) is 29.1 Å². The summed E-state index contributed by atoms with van der Waals surface area (Å²) in [5.41, 5.74) is 7.07. The van der Waals surface area contributed by atoms with Crippen molar-refractivity contribution in [2.24, 2.45) is 5.73 Å². The van der Waals surface area contributed by atoms with Crippen LogP contribution >= 0.6 is 0 Å². The van der Waals surface area contributed by atoms with E-state index in [1.54, 1.807) is 0 Å². The molecule has 4 nitrogen and oxygen atoms in total. The summed E-state index contributed by atoms with van der Waals surface area (Å²) >= 11 is 0. The predicted octanol–water partition coefficient (Wildman–Crippen LogP) is 1.70. The number of nitrogens with two attached hydrogens (primary N) is 1. The average molecular weight is 234 g/mol. The van der Waals surface area contributed by atoms with Crippen molar-refractivity contribution in [3.8, 4) is 0 Å². The molecule has 1 unspecified atom stereocenters. The largest absolute Gasteiger partial charge is 0.355 e. The molecule has 1 aliphatic heterocycles. The van der Waals surface area contributed by atoms with Crippen molar-refractivity contribution in [1.82, 2.24) is 9.97 Å². The van der Waals surface area contributed by atoms with Gasteiger partial charge in [-0.2, -0.15) is 0 Å². The molecule has 94 valence electrons. The Labute approximate surface area is 103 Å².